The van der Waals surface area contributed by atoms with Gasteiger partial charge in [-0.2, -0.15) is 0 Å². The Labute approximate surface area is 205 Å². The number of para-hydroxylation sites is 1. The van der Waals surface area contributed by atoms with Gasteiger partial charge < -0.3 is 9.47 Å². The molecular weight excluding hydrogens is 470 g/mol. The number of benzene rings is 3. The number of nitrogens with one attached hydrogen (secondary N) is 2. The Morgan fingerprint density at radius 2 is 1.60 bits per heavy atom. The van der Waals surface area contributed by atoms with Crippen molar-refractivity contribution in [2.75, 3.05) is 13.7 Å². The number of hydrogen-bond donors (Lipinski definition) is 2. The summed E-state index contributed by atoms with van der Waals surface area (Å²) < 4.78 is 10.4. The average Bonchev–Trinajstić information content (AvgIpc) is 2.90. The van der Waals surface area contributed by atoms with Crippen LogP contribution in [-0.2, 0) is 9.53 Å². The minimum absolute atomic E-state index is 0.195. The van der Waals surface area contributed by atoms with Gasteiger partial charge in [-0.3, -0.25) is 20.4 Å². The fraction of sp³-hybridized carbons (Fsp3) is 0.0769. The number of halogens is 1. The SMILES string of the molecule is COc1ccc(-c2cc(C(=O)OCC(=O)NNC(=O)c3ccccc3Cl)c3ccccc3n2)cc1. The lowest BCUT2D eigenvalue weighted by molar-refractivity contribution is -0.125. The molecule has 0 fully saturated rings. The molecule has 0 saturated carbocycles. The Kier molecular flexibility index (Phi) is 7.23. The predicted octanol–water partition coefficient (Wildman–Crippen LogP) is 4.18. The van der Waals surface area contributed by atoms with E-state index < -0.39 is 24.4 Å². The van der Waals surface area contributed by atoms with Crippen LogP contribution in [0, 0.1) is 0 Å². The number of ether oxygens (including phenoxy) is 2. The number of esters is 1. The molecule has 8 nitrogen and oxygen atoms in total. The first-order chi connectivity index (χ1) is 17.0. The largest absolute Gasteiger partial charge is 0.497 e. The maximum absolute atomic E-state index is 12.9. The Morgan fingerprint density at radius 3 is 2.34 bits per heavy atom. The summed E-state index contributed by atoms with van der Waals surface area (Å²) in [4.78, 5) is 41.8. The summed E-state index contributed by atoms with van der Waals surface area (Å²) in [7, 11) is 1.58. The number of carbonyl (C=O) groups is 3. The molecule has 0 unspecified atom stereocenters. The van der Waals surface area contributed by atoms with Crippen molar-refractivity contribution in [3.8, 4) is 17.0 Å². The number of carbonyl (C=O) groups excluding carboxylic acids is 3. The van der Waals surface area contributed by atoms with Crippen molar-refractivity contribution < 1.29 is 23.9 Å². The molecule has 0 saturated heterocycles. The minimum Gasteiger partial charge on any atom is -0.497 e. The lowest BCUT2D eigenvalue weighted by Crippen LogP contribution is -2.43. The lowest BCUT2D eigenvalue weighted by atomic mass is 10.0. The zero-order chi connectivity index (χ0) is 24.8. The fourth-order valence-corrected chi connectivity index (χ4v) is 3.56. The molecule has 35 heavy (non-hydrogen) atoms. The van der Waals surface area contributed by atoms with Crippen molar-refractivity contribution in [2.45, 2.75) is 0 Å². The highest BCUT2D eigenvalue weighted by Gasteiger charge is 2.17. The Balaban J connectivity index is 1.46. The van der Waals surface area contributed by atoms with Gasteiger partial charge in [0.15, 0.2) is 6.61 Å². The highest BCUT2D eigenvalue weighted by Crippen LogP contribution is 2.26. The number of pyridine rings is 1. The van der Waals surface area contributed by atoms with E-state index in [2.05, 4.69) is 15.8 Å². The number of hydrazine groups is 1. The highest BCUT2D eigenvalue weighted by molar-refractivity contribution is 6.33. The zero-order valence-electron chi connectivity index (χ0n) is 18.6. The van der Waals surface area contributed by atoms with Crippen LogP contribution in [0.25, 0.3) is 22.2 Å². The van der Waals surface area contributed by atoms with Crippen LogP contribution in [0.4, 0.5) is 0 Å². The van der Waals surface area contributed by atoms with Gasteiger partial charge in [0.05, 0.1) is 34.5 Å². The zero-order valence-corrected chi connectivity index (χ0v) is 19.3. The summed E-state index contributed by atoms with van der Waals surface area (Å²) >= 11 is 5.97. The number of hydrogen-bond acceptors (Lipinski definition) is 6. The van der Waals surface area contributed by atoms with E-state index in [1.165, 1.54) is 6.07 Å². The van der Waals surface area contributed by atoms with Crippen molar-refractivity contribution in [1.82, 2.24) is 15.8 Å². The van der Waals surface area contributed by atoms with E-state index in [-0.39, 0.29) is 16.1 Å². The van der Waals surface area contributed by atoms with E-state index in [0.717, 1.165) is 5.56 Å². The third-order valence-electron chi connectivity index (χ3n) is 5.09. The van der Waals surface area contributed by atoms with Gasteiger partial charge in [0, 0.05) is 10.9 Å². The number of fused-ring (bicyclic) bond motifs is 1. The Hall–Kier alpha value is -4.43. The van der Waals surface area contributed by atoms with Gasteiger partial charge in [-0.25, -0.2) is 9.78 Å². The maximum atomic E-state index is 12.9. The van der Waals surface area contributed by atoms with E-state index in [4.69, 9.17) is 21.1 Å². The summed E-state index contributed by atoms with van der Waals surface area (Å²) in [5.41, 5.74) is 6.84. The van der Waals surface area contributed by atoms with Crippen molar-refractivity contribution in [2.24, 2.45) is 0 Å². The van der Waals surface area contributed by atoms with Crippen LogP contribution in [0.1, 0.15) is 20.7 Å². The number of aromatic nitrogens is 1. The van der Waals surface area contributed by atoms with Gasteiger partial charge in [0.2, 0.25) is 0 Å². The smallest absolute Gasteiger partial charge is 0.339 e. The first kappa shape index (κ1) is 23.7. The fourth-order valence-electron chi connectivity index (χ4n) is 3.34. The standard InChI is InChI=1S/C26H20ClN3O5/c1-34-17-12-10-16(11-13-17)23-14-20(18-6-3-5-9-22(18)28-23)26(33)35-15-24(31)29-30-25(32)19-7-2-4-8-21(19)27/h2-14H,15H2,1H3,(H,29,31)(H,30,32). The summed E-state index contributed by atoms with van der Waals surface area (Å²) in [6, 6.07) is 22.4. The normalized spacial score (nSPS) is 10.5. The summed E-state index contributed by atoms with van der Waals surface area (Å²) in [6.45, 7) is -0.601. The molecule has 0 aliphatic rings. The van der Waals surface area contributed by atoms with Crippen molar-refractivity contribution in [1.29, 1.82) is 0 Å². The second-order valence-electron chi connectivity index (χ2n) is 7.36. The van der Waals surface area contributed by atoms with Gasteiger partial charge >= 0.3 is 5.97 Å². The molecule has 0 aliphatic heterocycles. The van der Waals surface area contributed by atoms with Gasteiger partial charge in [-0.1, -0.05) is 41.9 Å². The Morgan fingerprint density at radius 1 is 0.886 bits per heavy atom. The summed E-state index contributed by atoms with van der Waals surface area (Å²) in [5, 5.41) is 0.824. The molecule has 1 aromatic heterocycles. The minimum atomic E-state index is -0.715. The highest BCUT2D eigenvalue weighted by atomic mass is 35.5. The third-order valence-corrected chi connectivity index (χ3v) is 5.42. The molecule has 2 N–H and O–H groups in total. The molecule has 0 spiro atoms. The average molecular weight is 490 g/mol. The molecule has 3 aromatic carbocycles. The molecule has 9 heteroatoms. The first-order valence-electron chi connectivity index (χ1n) is 10.5. The molecule has 4 aromatic rings. The van der Waals surface area contributed by atoms with Crippen molar-refractivity contribution in [3.63, 3.8) is 0 Å². The molecule has 0 aliphatic carbocycles. The molecular formula is C26H20ClN3O5. The first-order valence-corrected chi connectivity index (χ1v) is 10.9. The second kappa shape index (κ2) is 10.7. The number of nitrogens with zero attached hydrogens (tertiary/aromatic N) is 1. The maximum Gasteiger partial charge on any atom is 0.339 e. The summed E-state index contributed by atoms with van der Waals surface area (Å²) in [5.74, 6) is -1.32. The number of rotatable bonds is 6. The van der Waals surface area contributed by atoms with E-state index >= 15 is 0 Å². The van der Waals surface area contributed by atoms with Crippen LogP contribution >= 0.6 is 11.6 Å². The van der Waals surface area contributed by atoms with E-state index in [1.54, 1.807) is 61.7 Å². The molecule has 4 rings (SSSR count). The molecule has 0 radical (unpaired) electrons. The monoisotopic (exact) mass is 489 g/mol. The van der Waals surface area contributed by atoms with Crippen molar-refractivity contribution >= 4 is 40.3 Å². The van der Waals surface area contributed by atoms with Crippen LogP contribution in [0.15, 0.2) is 78.9 Å². The quantitative estimate of drug-likeness (QED) is 0.311. The van der Waals surface area contributed by atoms with Crippen molar-refractivity contribution in [3.05, 3.63) is 95.0 Å². The van der Waals surface area contributed by atoms with Crippen LogP contribution in [0.2, 0.25) is 5.02 Å². The van der Waals surface area contributed by atoms with E-state index in [9.17, 15) is 14.4 Å². The van der Waals surface area contributed by atoms with Crippen LogP contribution in [-0.4, -0.2) is 36.5 Å². The molecule has 1 heterocycles. The number of amides is 2. The van der Waals surface area contributed by atoms with Crippen LogP contribution < -0.4 is 15.6 Å². The third kappa shape index (κ3) is 5.56. The van der Waals surface area contributed by atoms with Crippen LogP contribution in [0.3, 0.4) is 0 Å². The predicted molar refractivity (Wildman–Crippen MR) is 131 cm³/mol. The van der Waals surface area contributed by atoms with Gasteiger partial charge in [0.25, 0.3) is 11.8 Å². The topological polar surface area (TPSA) is 107 Å². The number of methoxy groups -OCH3 is 1. The molecule has 0 atom stereocenters. The van der Waals surface area contributed by atoms with E-state index in [0.29, 0.717) is 22.3 Å². The molecule has 2 amide bonds. The molecule has 176 valence electrons. The van der Waals surface area contributed by atoms with Crippen LogP contribution in [0.5, 0.6) is 5.75 Å². The van der Waals surface area contributed by atoms with Gasteiger partial charge in [-0.05, 0) is 48.5 Å². The lowest BCUT2D eigenvalue weighted by Gasteiger charge is -2.11. The van der Waals surface area contributed by atoms with E-state index in [1.807, 2.05) is 18.2 Å². The van der Waals surface area contributed by atoms with Gasteiger partial charge in [-0.15, -0.1) is 0 Å². The van der Waals surface area contributed by atoms with Gasteiger partial charge in [0.1, 0.15) is 5.75 Å². The summed E-state index contributed by atoms with van der Waals surface area (Å²) in [6.07, 6.45) is 0. The Bertz CT molecular complexity index is 1410. The molecule has 0 bridgehead atoms. The second-order valence-corrected chi connectivity index (χ2v) is 7.77.